The number of hydrogen-bond donors (Lipinski definition) is 2. The van der Waals surface area contributed by atoms with Crippen molar-refractivity contribution in [2.24, 2.45) is 11.3 Å². The lowest BCUT2D eigenvalue weighted by molar-refractivity contribution is 0.0428. The monoisotopic (exact) mass is 183 g/mol. The van der Waals surface area contributed by atoms with Crippen LogP contribution in [0.3, 0.4) is 0 Å². The summed E-state index contributed by atoms with van der Waals surface area (Å²) in [7, 11) is 0. The molecule has 4 atom stereocenters. The number of nitrogens with one attached hydrogen (secondary N) is 1. The third-order valence-corrected chi connectivity index (χ3v) is 3.91. The van der Waals surface area contributed by atoms with E-state index >= 15 is 0 Å². The van der Waals surface area contributed by atoms with Crippen molar-refractivity contribution in [1.29, 1.82) is 0 Å². The number of aliphatic hydroxyl groups excluding tert-OH is 1. The molecule has 2 aliphatic rings. The normalized spacial score (nSPS) is 43.8. The van der Waals surface area contributed by atoms with Gasteiger partial charge in [0.25, 0.3) is 0 Å². The summed E-state index contributed by atoms with van der Waals surface area (Å²) in [4.78, 5) is 0. The van der Waals surface area contributed by atoms with Crippen LogP contribution in [0.5, 0.6) is 0 Å². The van der Waals surface area contributed by atoms with Crippen LogP contribution in [0.4, 0.5) is 0 Å². The Morgan fingerprint density at radius 3 is 2.31 bits per heavy atom. The zero-order valence-electron chi connectivity index (χ0n) is 8.88. The van der Waals surface area contributed by atoms with Crippen molar-refractivity contribution in [1.82, 2.24) is 5.32 Å². The lowest BCUT2D eigenvalue weighted by Crippen LogP contribution is -2.51. The van der Waals surface area contributed by atoms with Gasteiger partial charge < -0.3 is 10.4 Å². The minimum absolute atomic E-state index is 0.0793. The first-order valence-electron chi connectivity index (χ1n) is 5.45. The highest BCUT2D eigenvalue weighted by molar-refractivity contribution is 5.02. The van der Waals surface area contributed by atoms with E-state index in [0.717, 1.165) is 18.8 Å². The predicted molar refractivity (Wildman–Crippen MR) is 53.5 cm³/mol. The van der Waals surface area contributed by atoms with E-state index < -0.39 is 0 Å². The van der Waals surface area contributed by atoms with Gasteiger partial charge >= 0.3 is 0 Å². The second-order valence-electron chi connectivity index (χ2n) is 5.51. The van der Waals surface area contributed by atoms with Gasteiger partial charge in [-0.25, -0.2) is 0 Å². The van der Waals surface area contributed by atoms with E-state index in [0.29, 0.717) is 17.5 Å². The molecule has 0 heterocycles. The number of hydrogen-bond acceptors (Lipinski definition) is 2. The van der Waals surface area contributed by atoms with Gasteiger partial charge in [-0.15, -0.1) is 0 Å². The molecule has 2 aliphatic carbocycles. The fraction of sp³-hybridized carbons (Fsp3) is 1.00. The van der Waals surface area contributed by atoms with Crippen LogP contribution in [0.2, 0.25) is 0 Å². The summed E-state index contributed by atoms with van der Waals surface area (Å²) >= 11 is 0. The van der Waals surface area contributed by atoms with Crippen molar-refractivity contribution in [3.05, 3.63) is 0 Å². The lowest BCUT2D eigenvalue weighted by Gasteiger charge is -2.36. The van der Waals surface area contributed by atoms with E-state index in [9.17, 15) is 5.11 Å². The maximum absolute atomic E-state index is 9.43. The van der Waals surface area contributed by atoms with E-state index in [2.05, 4.69) is 26.1 Å². The summed E-state index contributed by atoms with van der Waals surface area (Å²) in [5.74, 6) is 0.820. The molecule has 2 unspecified atom stereocenters. The molecular formula is C11H21NO. The van der Waals surface area contributed by atoms with Gasteiger partial charge in [0.15, 0.2) is 0 Å². The molecule has 2 nitrogen and oxygen atoms in total. The second-order valence-corrected chi connectivity index (χ2v) is 5.51. The Labute approximate surface area is 80.7 Å². The van der Waals surface area contributed by atoms with Crippen LogP contribution in [-0.4, -0.2) is 23.3 Å². The molecule has 0 aromatic heterocycles. The molecular weight excluding hydrogens is 162 g/mol. The van der Waals surface area contributed by atoms with Gasteiger partial charge in [0.1, 0.15) is 0 Å². The highest BCUT2D eigenvalue weighted by Crippen LogP contribution is 2.53. The smallest absolute Gasteiger partial charge is 0.0693 e. The number of rotatable bonds is 3. The van der Waals surface area contributed by atoms with Gasteiger partial charge in [-0.1, -0.05) is 13.8 Å². The Morgan fingerprint density at radius 2 is 2.00 bits per heavy atom. The van der Waals surface area contributed by atoms with Crippen LogP contribution < -0.4 is 5.32 Å². The maximum atomic E-state index is 9.43. The maximum Gasteiger partial charge on any atom is 0.0693 e. The molecule has 2 rings (SSSR count). The van der Waals surface area contributed by atoms with Crippen molar-refractivity contribution >= 4 is 0 Å². The van der Waals surface area contributed by atoms with Gasteiger partial charge in [-0.05, 0) is 37.5 Å². The number of aliphatic hydroxyl groups is 1. The Hall–Kier alpha value is -0.0800. The van der Waals surface area contributed by atoms with E-state index in [1.807, 2.05) is 0 Å². The molecule has 0 aromatic rings. The molecule has 2 fully saturated rings. The average molecular weight is 183 g/mol. The fourth-order valence-electron chi connectivity index (χ4n) is 2.49. The SMILES string of the molecule is CC(N[C@@H]1CC[C@H]1O)C1CC1(C)C. The van der Waals surface area contributed by atoms with Crippen molar-refractivity contribution in [2.75, 3.05) is 0 Å². The molecule has 0 aromatic carbocycles. The zero-order chi connectivity index (χ0) is 9.64. The molecule has 76 valence electrons. The van der Waals surface area contributed by atoms with Crippen LogP contribution in [0, 0.1) is 11.3 Å². The Kier molecular flexibility index (Phi) is 2.16. The first-order chi connectivity index (χ1) is 6.00. The summed E-state index contributed by atoms with van der Waals surface area (Å²) in [5.41, 5.74) is 0.543. The summed E-state index contributed by atoms with van der Waals surface area (Å²) in [5, 5.41) is 13.0. The third-order valence-electron chi connectivity index (χ3n) is 3.91. The van der Waals surface area contributed by atoms with E-state index in [1.165, 1.54) is 6.42 Å². The Morgan fingerprint density at radius 1 is 1.38 bits per heavy atom. The van der Waals surface area contributed by atoms with Crippen molar-refractivity contribution < 1.29 is 5.11 Å². The van der Waals surface area contributed by atoms with Crippen molar-refractivity contribution in [2.45, 2.75) is 58.2 Å². The molecule has 0 radical (unpaired) electrons. The molecule has 0 saturated heterocycles. The quantitative estimate of drug-likeness (QED) is 0.695. The molecule has 0 spiro atoms. The Balaban J connectivity index is 1.76. The van der Waals surface area contributed by atoms with Gasteiger partial charge in [-0.3, -0.25) is 0 Å². The van der Waals surface area contributed by atoms with Crippen LogP contribution >= 0.6 is 0 Å². The van der Waals surface area contributed by atoms with Gasteiger partial charge in [0.05, 0.1) is 6.10 Å². The van der Waals surface area contributed by atoms with Gasteiger partial charge in [0, 0.05) is 12.1 Å². The average Bonchev–Trinajstić information content (AvgIpc) is 2.68. The summed E-state index contributed by atoms with van der Waals surface area (Å²) in [6.07, 6.45) is 3.39. The molecule has 0 bridgehead atoms. The lowest BCUT2D eigenvalue weighted by atomic mass is 9.88. The standard InChI is InChI=1S/C11H21NO/c1-7(8-6-11(8,2)3)12-9-4-5-10(9)13/h7-10,12-13H,4-6H2,1-3H3/t7?,8?,9-,10-/m1/s1. The zero-order valence-corrected chi connectivity index (χ0v) is 8.88. The van der Waals surface area contributed by atoms with E-state index in [1.54, 1.807) is 0 Å². The fourth-order valence-corrected chi connectivity index (χ4v) is 2.49. The summed E-state index contributed by atoms with van der Waals surface area (Å²) < 4.78 is 0. The molecule has 2 heteroatoms. The minimum Gasteiger partial charge on any atom is -0.392 e. The second kappa shape index (κ2) is 2.96. The van der Waals surface area contributed by atoms with E-state index in [-0.39, 0.29) is 6.10 Å². The molecule has 2 saturated carbocycles. The van der Waals surface area contributed by atoms with Gasteiger partial charge in [0.2, 0.25) is 0 Å². The van der Waals surface area contributed by atoms with Crippen molar-refractivity contribution in [3.8, 4) is 0 Å². The largest absolute Gasteiger partial charge is 0.392 e. The topological polar surface area (TPSA) is 32.3 Å². The first-order valence-corrected chi connectivity index (χ1v) is 5.45. The summed E-state index contributed by atoms with van der Waals surface area (Å²) in [6, 6.07) is 0.960. The third kappa shape index (κ3) is 1.75. The van der Waals surface area contributed by atoms with Crippen LogP contribution in [0.1, 0.15) is 40.0 Å². The minimum atomic E-state index is -0.0793. The van der Waals surface area contributed by atoms with Crippen LogP contribution in [-0.2, 0) is 0 Å². The highest BCUT2D eigenvalue weighted by atomic mass is 16.3. The molecule has 13 heavy (non-hydrogen) atoms. The molecule has 0 aliphatic heterocycles. The van der Waals surface area contributed by atoms with Crippen LogP contribution in [0.25, 0.3) is 0 Å². The predicted octanol–water partition coefficient (Wildman–Crippen LogP) is 1.53. The van der Waals surface area contributed by atoms with Crippen molar-refractivity contribution in [3.63, 3.8) is 0 Å². The highest BCUT2D eigenvalue weighted by Gasteiger charge is 2.49. The molecule has 2 N–H and O–H groups in total. The van der Waals surface area contributed by atoms with Crippen LogP contribution in [0.15, 0.2) is 0 Å². The summed E-state index contributed by atoms with van der Waals surface area (Å²) in [6.45, 7) is 6.91. The molecule has 0 amide bonds. The first kappa shape index (κ1) is 9.47. The Bertz CT molecular complexity index is 202. The van der Waals surface area contributed by atoms with Gasteiger partial charge in [-0.2, -0.15) is 0 Å². The van der Waals surface area contributed by atoms with E-state index in [4.69, 9.17) is 0 Å².